The fourth-order valence-electron chi connectivity index (χ4n) is 1.87. The lowest BCUT2D eigenvalue weighted by Crippen LogP contribution is -2.38. The van der Waals surface area contributed by atoms with Crippen molar-refractivity contribution in [2.45, 2.75) is 32.7 Å². The number of nitrogens with zero attached hydrogens (tertiary/aromatic N) is 4. The summed E-state index contributed by atoms with van der Waals surface area (Å²) in [4.78, 5) is 8.66. The largest absolute Gasteiger partial charge is 0.381 e. The molecule has 7 nitrogen and oxygen atoms in total. The summed E-state index contributed by atoms with van der Waals surface area (Å²) in [6, 6.07) is 0. The lowest BCUT2D eigenvalue weighted by molar-refractivity contribution is 0.123. The Kier molecular flexibility index (Phi) is 6.46. The van der Waals surface area contributed by atoms with Crippen LogP contribution in [0.1, 0.15) is 32.0 Å². The molecular weight excluding hydrogens is 268 g/mol. The lowest BCUT2D eigenvalue weighted by Gasteiger charge is -2.11. The maximum Gasteiger partial charge on any atom is 0.191 e. The SMILES string of the molecule is CCNC(=NCc1ncnn1C)NCCCOCC1CC1. The van der Waals surface area contributed by atoms with Crippen LogP contribution in [0.15, 0.2) is 11.3 Å². The fourth-order valence-corrected chi connectivity index (χ4v) is 1.87. The Morgan fingerprint density at radius 1 is 1.48 bits per heavy atom. The normalized spacial score (nSPS) is 15.2. The maximum atomic E-state index is 5.61. The van der Waals surface area contributed by atoms with Crippen molar-refractivity contribution in [1.29, 1.82) is 0 Å². The molecule has 118 valence electrons. The lowest BCUT2D eigenvalue weighted by atomic mass is 10.4. The minimum Gasteiger partial charge on any atom is -0.381 e. The van der Waals surface area contributed by atoms with Crippen LogP contribution < -0.4 is 10.6 Å². The van der Waals surface area contributed by atoms with E-state index in [-0.39, 0.29) is 0 Å². The second-order valence-electron chi connectivity index (χ2n) is 5.29. The number of hydrogen-bond donors (Lipinski definition) is 2. The van der Waals surface area contributed by atoms with Crippen LogP contribution in [0.25, 0.3) is 0 Å². The van der Waals surface area contributed by atoms with Gasteiger partial charge in [-0.05, 0) is 32.1 Å². The molecule has 1 heterocycles. The Balaban J connectivity index is 1.64. The third-order valence-electron chi connectivity index (χ3n) is 3.34. The first-order valence-electron chi connectivity index (χ1n) is 7.72. The van der Waals surface area contributed by atoms with E-state index in [9.17, 15) is 0 Å². The number of guanidine groups is 1. The van der Waals surface area contributed by atoms with Gasteiger partial charge in [-0.25, -0.2) is 9.98 Å². The van der Waals surface area contributed by atoms with Gasteiger partial charge in [0.2, 0.25) is 0 Å². The smallest absolute Gasteiger partial charge is 0.191 e. The van der Waals surface area contributed by atoms with Crippen molar-refractivity contribution in [3.8, 4) is 0 Å². The summed E-state index contributed by atoms with van der Waals surface area (Å²) in [5, 5.41) is 10.6. The molecule has 0 amide bonds. The molecule has 1 aliphatic rings. The summed E-state index contributed by atoms with van der Waals surface area (Å²) in [6.45, 7) is 6.01. The van der Waals surface area contributed by atoms with Crippen LogP contribution in [0.5, 0.6) is 0 Å². The summed E-state index contributed by atoms with van der Waals surface area (Å²) in [5.74, 6) is 2.49. The van der Waals surface area contributed by atoms with E-state index in [0.717, 1.165) is 50.4 Å². The first-order chi connectivity index (χ1) is 10.3. The highest BCUT2D eigenvalue weighted by Crippen LogP contribution is 2.28. The van der Waals surface area contributed by atoms with Crippen molar-refractivity contribution in [2.24, 2.45) is 18.0 Å². The molecule has 2 N–H and O–H groups in total. The quantitative estimate of drug-likeness (QED) is 0.398. The molecule has 0 saturated heterocycles. The molecule has 1 fully saturated rings. The van der Waals surface area contributed by atoms with Crippen molar-refractivity contribution in [3.63, 3.8) is 0 Å². The van der Waals surface area contributed by atoms with Crippen molar-refractivity contribution in [3.05, 3.63) is 12.2 Å². The molecule has 0 aromatic carbocycles. The predicted octanol–water partition coefficient (Wildman–Crippen LogP) is 0.687. The van der Waals surface area contributed by atoms with Gasteiger partial charge in [0.15, 0.2) is 5.96 Å². The minimum absolute atomic E-state index is 0.518. The molecular formula is C14H26N6O. The second kappa shape index (κ2) is 8.61. The zero-order chi connectivity index (χ0) is 14.9. The maximum absolute atomic E-state index is 5.61. The van der Waals surface area contributed by atoms with Gasteiger partial charge in [-0.3, -0.25) is 4.68 Å². The average molecular weight is 294 g/mol. The van der Waals surface area contributed by atoms with Crippen LogP contribution >= 0.6 is 0 Å². The Hall–Kier alpha value is -1.63. The summed E-state index contributed by atoms with van der Waals surface area (Å²) < 4.78 is 7.35. The van der Waals surface area contributed by atoms with Crippen molar-refractivity contribution in [2.75, 3.05) is 26.3 Å². The van der Waals surface area contributed by atoms with Gasteiger partial charge < -0.3 is 15.4 Å². The molecule has 0 aliphatic heterocycles. The third-order valence-corrected chi connectivity index (χ3v) is 3.34. The first kappa shape index (κ1) is 15.8. The fraction of sp³-hybridized carbons (Fsp3) is 0.786. The molecule has 0 radical (unpaired) electrons. The van der Waals surface area contributed by atoms with Gasteiger partial charge in [0, 0.05) is 33.4 Å². The molecule has 0 spiro atoms. The number of hydrogen-bond acceptors (Lipinski definition) is 4. The van der Waals surface area contributed by atoms with E-state index in [1.54, 1.807) is 11.0 Å². The molecule has 21 heavy (non-hydrogen) atoms. The minimum atomic E-state index is 0.518. The Morgan fingerprint density at radius 2 is 2.33 bits per heavy atom. The highest BCUT2D eigenvalue weighted by molar-refractivity contribution is 5.79. The molecule has 1 saturated carbocycles. The number of aliphatic imine (C=N–C) groups is 1. The van der Waals surface area contributed by atoms with Crippen LogP contribution in [-0.2, 0) is 18.3 Å². The third kappa shape index (κ3) is 6.12. The van der Waals surface area contributed by atoms with Gasteiger partial charge in [0.1, 0.15) is 18.7 Å². The zero-order valence-electron chi connectivity index (χ0n) is 13.0. The Labute approximate surface area is 126 Å². The molecule has 1 aromatic heterocycles. The van der Waals surface area contributed by atoms with Gasteiger partial charge in [0.25, 0.3) is 0 Å². The van der Waals surface area contributed by atoms with Gasteiger partial charge in [-0.15, -0.1) is 0 Å². The molecule has 1 aliphatic carbocycles. The average Bonchev–Trinajstić information content (AvgIpc) is 3.21. The van der Waals surface area contributed by atoms with Crippen molar-refractivity contribution >= 4 is 5.96 Å². The van der Waals surface area contributed by atoms with E-state index in [4.69, 9.17) is 4.74 Å². The van der Waals surface area contributed by atoms with E-state index in [2.05, 4.69) is 32.6 Å². The van der Waals surface area contributed by atoms with Gasteiger partial charge in [-0.1, -0.05) is 0 Å². The highest BCUT2D eigenvalue weighted by Gasteiger charge is 2.20. The second-order valence-corrected chi connectivity index (χ2v) is 5.29. The standard InChI is InChI=1S/C14H26N6O/c1-3-15-14(17-9-13-18-11-19-20(13)2)16-7-4-8-21-10-12-5-6-12/h11-12H,3-10H2,1-2H3,(H2,15,16,17). The van der Waals surface area contributed by atoms with Crippen molar-refractivity contribution in [1.82, 2.24) is 25.4 Å². The molecule has 0 atom stereocenters. The van der Waals surface area contributed by atoms with E-state index < -0.39 is 0 Å². The van der Waals surface area contributed by atoms with Crippen LogP contribution in [0.4, 0.5) is 0 Å². The van der Waals surface area contributed by atoms with Gasteiger partial charge >= 0.3 is 0 Å². The van der Waals surface area contributed by atoms with E-state index in [1.165, 1.54) is 12.8 Å². The highest BCUT2D eigenvalue weighted by atomic mass is 16.5. The summed E-state index contributed by atoms with van der Waals surface area (Å²) in [6.07, 6.45) is 5.22. The molecule has 7 heteroatoms. The van der Waals surface area contributed by atoms with E-state index in [1.807, 2.05) is 7.05 Å². The number of nitrogens with one attached hydrogen (secondary N) is 2. The Bertz CT molecular complexity index is 440. The van der Waals surface area contributed by atoms with Crippen LogP contribution in [0.3, 0.4) is 0 Å². The molecule has 1 aromatic rings. The summed E-state index contributed by atoms with van der Waals surface area (Å²) in [5.41, 5.74) is 0. The zero-order valence-corrected chi connectivity index (χ0v) is 13.0. The van der Waals surface area contributed by atoms with Crippen LogP contribution in [-0.4, -0.2) is 47.0 Å². The molecule has 0 bridgehead atoms. The van der Waals surface area contributed by atoms with E-state index >= 15 is 0 Å². The number of ether oxygens (including phenoxy) is 1. The monoisotopic (exact) mass is 294 g/mol. The number of aromatic nitrogens is 3. The number of rotatable bonds is 9. The molecule has 2 rings (SSSR count). The topological polar surface area (TPSA) is 76.4 Å². The van der Waals surface area contributed by atoms with E-state index in [0.29, 0.717) is 6.54 Å². The van der Waals surface area contributed by atoms with Crippen LogP contribution in [0, 0.1) is 5.92 Å². The summed E-state index contributed by atoms with van der Waals surface area (Å²) in [7, 11) is 1.87. The molecule has 0 unspecified atom stereocenters. The Morgan fingerprint density at radius 3 is 3.00 bits per heavy atom. The first-order valence-corrected chi connectivity index (χ1v) is 7.72. The van der Waals surface area contributed by atoms with Crippen molar-refractivity contribution < 1.29 is 4.74 Å². The van der Waals surface area contributed by atoms with Gasteiger partial charge in [0.05, 0.1) is 0 Å². The predicted molar refractivity (Wildman–Crippen MR) is 82.0 cm³/mol. The number of aryl methyl sites for hydroxylation is 1. The summed E-state index contributed by atoms with van der Waals surface area (Å²) >= 11 is 0. The van der Waals surface area contributed by atoms with Gasteiger partial charge in [-0.2, -0.15) is 5.10 Å². The van der Waals surface area contributed by atoms with Crippen LogP contribution in [0.2, 0.25) is 0 Å².